The summed E-state index contributed by atoms with van der Waals surface area (Å²) in [4.78, 5) is 11.7. The van der Waals surface area contributed by atoms with Gasteiger partial charge in [0.05, 0.1) is 0 Å². The molecule has 0 saturated heterocycles. The normalized spacial score (nSPS) is 11.2. The Morgan fingerprint density at radius 3 is 2.45 bits per heavy atom. The van der Waals surface area contributed by atoms with Crippen LogP contribution >= 0.6 is 11.3 Å². The van der Waals surface area contributed by atoms with Crippen molar-refractivity contribution in [3.05, 3.63) is 52.2 Å². The van der Waals surface area contributed by atoms with E-state index in [4.69, 9.17) is 0 Å². The molecule has 0 radical (unpaired) electrons. The van der Waals surface area contributed by atoms with Crippen molar-refractivity contribution in [1.29, 1.82) is 0 Å². The fourth-order valence-corrected chi connectivity index (χ4v) is 2.12. The molecule has 7 heteroatoms. The first-order valence-corrected chi connectivity index (χ1v) is 6.53. The van der Waals surface area contributed by atoms with E-state index in [0.717, 1.165) is 0 Å². The summed E-state index contributed by atoms with van der Waals surface area (Å²) in [5.41, 5.74) is 1.25. The zero-order valence-electron chi connectivity index (χ0n) is 10.1. The van der Waals surface area contributed by atoms with Gasteiger partial charge in [0.25, 0.3) is 5.91 Å². The average Bonchev–Trinajstić information content (AvgIpc) is 2.89. The number of hydrogen-bond donors (Lipinski definition) is 1. The first-order chi connectivity index (χ1) is 9.44. The van der Waals surface area contributed by atoms with Gasteiger partial charge in [-0.05, 0) is 29.1 Å². The molecule has 20 heavy (non-hydrogen) atoms. The summed E-state index contributed by atoms with van der Waals surface area (Å²) >= 11 is 1.41. The number of benzene rings is 1. The Morgan fingerprint density at radius 2 is 1.90 bits per heavy atom. The van der Waals surface area contributed by atoms with E-state index in [0.29, 0.717) is 11.1 Å². The number of carbonyl (C=O) groups excluding carboxylic acids is 1. The van der Waals surface area contributed by atoms with Crippen LogP contribution in [-0.4, -0.2) is 12.3 Å². The fraction of sp³-hybridized carbons (Fsp3) is 0.154. The zero-order valence-corrected chi connectivity index (χ0v) is 10.9. The van der Waals surface area contributed by atoms with Crippen LogP contribution in [0.2, 0.25) is 0 Å². The highest BCUT2D eigenvalue weighted by atomic mass is 32.1. The Balaban J connectivity index is 1.89. The maximum Gasteiger partial charge on any atom is 0.573 e. The lowest BCUT2D eigenvalue weighted by Gasteiger charge is -2.09. The van der Waals surface area contributed by atoms with Crippen LogP contribution in [0.1, 0.15) is 15.9 Å². The minimum atomic E-state index is -4.70. The van der Waals surface area contributed by atoms with Gasteiger partial charge >= 0.3 is 6.36 Å². The predicted octanol–water partition coefficient (Wildman–Crippen LogP) is 3.58. The Labute approximate surface area is 117 Å². The first kappa shape index (κ1) is 14.4. The second-order valence-electron chi connectivity index (χ2n) is 3.89. The van der Waals surface area contributed by atoms with E-state index in [-0.39, 0.29) is 18.2 Å². The molecule has 106 valence electrons. The Bertz CT molecular complexity index is 564. The van der Waals surface area contributed by atoms with Crippen molar-refractivity contribution in [2.24, 2.45) is 0 Å². The first-order valence-electron chi connectivity index (χ1n) is 5.59. The molecule has 0 atom stereocenters. The van der Waals surface area contributed by atoms with Gasteiger partial charge in [0, 0.05) is 17.5 Å². The number of rotatable bonds is 4. The average molecular weight is 301 g/mol. The molecule has 0 fully saturated rings. The molecule has 0 spiro atoms. The van der Waals surface area contributed by atoms with Crippen molar-refractivity contribution in [2.45, 2.75) is 12.9 Å². The maximum atomic E-state index is 12.0. The molecule has 0 bridgehead atoms. The zero-order chi connectivity index (χ0) is 14.6. The number of carbonyl (C=O) groups is 1. The molecule has 0 aliphatic carbocycles. The van der Waals surface area contributed by atoms with Crippen LogP contribution in [0.4, 0.5) is 13.2 Å². The highest BCUT2D eigenvalue weighted by Gasteiger charge is 2.30. The molecule has 1 aromatic carbocycles. The number of thiophene rings is 1. The predicted molar refractivity (Wildman–Crippen MR) is 68.6 cm³/mol. The van der Waals surface area contributed by atoms with Gasteiger partial charge in [-0.1, -0.05) is 12.1 Å². The molecule has 1 N–H and O–H groups in total. The molecule has 1 amide bonds. The summed E-state index contributed by atoms with van der Waals surface area (Å²) in [5, 5.41) is 6.18. The van der Waals surface area contributed by atoms with E-state index < -0.39 is 6.36 Å². The van der Waals surface area contributed by atoms with Crippen LogP contribution in [-0.2, 0) is 6.54 Å². The van der Waals surface area contributed by atoms with Gasteiger partial charge in [0.1, 0.15) is 5.75 Å². The number of nitrogens with one attached hydrogen (secondary N) is 1. The van der Waals surface area contributed by atoms with Crippen molar-refractivity contribution in [1.82, 2.24) is 5.32 Å². The highest BCUT2D eigenvalue weighted by molar-refractivity contribution is 7.08. The number of halogens is 3. The van der Waals surface area contributed by atoms with Crippen LogP contribution < -0.4 is 10.1 Å². The standard InChI is InChI=1S/C13H10F3NO2S/c14-13(15,16)19-11-3-1-9(2-4-11)7-17-12(18)10-5-6-20-8-10/h1-6,8H,7H2,(H,17,18). The van der Waals surface area contributed by atoms with Gasteiger partial charge in [-0.3, -0.25) is 4.79 Å². The largest absolute Gasteiger partial charge is 0.573 e. The Morgan fingerprint density at radius 1 is 1.20 bits per heavy atom. The van der Waals surface area contributed by atoms with E-state index in [9.17, 15) is 18.0 Å². The lowest BCUT2D eigenvalue weighted by molar-refractivity contribution is -0.274. The molecular weight excluding hydrogens is 291 g/mol. The van der Waals surface area contributed by atoms with E-state index in [2.05, 4.69) is 10.1 Å². The monoisotopic (exact) mass is 301 g/mol. The number of ether oxygens (including phenoxy) is 1. The summed E-state index contributed by atoms with van der Waals surface area (Å²) in [6.45, 7) is 0.237. The summed E-state index contributed by atoms with van der Waals surface area (Å²) in [5.74, 6) is -0.507. The van der Waals surface area contributed by atoms with E-state index in [1.54, 1.807) is 16.8 Å². The van der Waals surface area contributed by atoms with Crippen molar-refractivity contribution < 1.29 is 22.7 Å². The Kier molecular flexibility index (Phi) is 4.29. The SMILES string of the molecule is O=C(NCc1ccc(OC(F)(F)F)cc1)c1ccsc1. The van der Waals surface area contributed by atoms with Crippen molar-refractivity contribution in [3.8, 4) is 5.75 Å². The summed E-state index contributed by atoms with van der Waals surface area (Å²) in [6.07, 6.45) is -4.70. The lowest BCUT2D eigenvalue weighted by atomic mass is 10.2. The van der Waals surface area contributed by atoms with Crippen LogP contribution in [0, 0.1) is 0 Å². The van der Waals surface area contributed by atoms with E-state index >= 15 is 0 Å². The smallest absolute Gasteiger partial charge is 0.406 e. The molecule has 2 rings (SSSR count). The third-order valence-corrected chi connectivity index (χ3v) is 3.08. The third-order valence-electron chi connectivity index (χ3n) is 2.39. The van der Waals surface area contributed by atoms with E-state index in [1.165, 1.54) is 35.6 Å². The van der Waals surface area contributed by atoms with Crippen molar-refractivity contribution >= 4 is 17.2 Å². The van der Waals surface area contributed by atoms with Gasteiger partial charge in [-0.2, -0.15) is 11.3 Å². The van der Waals surface area contributed by atoms with Gasteiger partial charge in [-0.15, -0.1) is 13.2 Å². The quantitative estimate of drug-likeness (QED) is 0.937. The van der Waals surface area contributed by atoms with Crippen LogP contribution in [0.5, 0.6) is 5.75 Å². The van der Waals surface area contributed by atoms with Crippen LogP contribution in [0.25, 0.3) is 0 Å². The molecule has 0 unspecified atom stereocenters. The topological polar surface area (TPSA) is 38.3 Å². The van der Waals surface area contributed by atoms with Crippen molar-refractivity contribution in [2.75, 3.05) is 0 Å². The van der Waals surface area contributed by atoms with Crippen molar-refractivity contribution in [3.63, 3.8) is 0 Å². The fourth-order valence-electron chi connectivity index (χ4n) is 1.49. The second kappa shape index (κ2) is 5.96. The molecule has 0 aliphatic heterocycles. The lowest BCUT2D eigenvalue weighted by Crippen LogP contribution is -2.22. The summed E-state index contributed by atoms with van der Waals surface area (Å²) in [6, 6.07) is 7.04. The van der Waals surface area contributed by atoms with E-state index in [1.807, 2.05) is 0 Å². The molecule has 0 aliphatic rings. The van der Waals surface area contributed by atoms with Gasteiger partial charge in [-0.25, -0.2) is 0 Å². The number of amides is 1. The molecule has 3 nitrogen and oxygen atoms in total. The summed E-state index contributed by atoms with van der Waals surface area (Å²) in [7, 11) is 0. The maximum absolute atomic E-state index is 12.0. The minimum Gasteiger partial charge on any atom is -0.406 e. The number of hydrogen-bond acceptors (Lipinski definition) is 3. The minimum absolute atomic E-state index is 0.220. The van der Waals surface area contributed by atoms with Gasteiger partial charge in [0.2, 0.25) is 0 Å². The molecule has 2 aromatic rings. The third kappa shape index (κ3) is 4.27. The molecule has 0 saturated carbocycles. The summed E-state index contributed by atoms with van der Waals surface area (Å²) < 4.78 is 39.7. The second-order valence-corrected chi connectivity index (χ2v) is 4.67. The van der Waals surface area contributed by atoms with Gasteiger partial charge < -0.3 is 10.1 Å². The molecule has 1 heterocycles. The van der Waals surface area contributed by atoms with Crippen LogP contribution in [0.15, 0.2) is 41.1 Å². The highest BCUT2D eigenvalue weighted by Crippen LogP contribution is 2.22. The van der Waals surface area contributed by atoms with Gasteiger partial charge in [0.15, 0.2) is 0 Å². The molecule has 1 aromatic heterocycles. The Hall–Kier alpha value is -2.02. The molecular formula is C13H10F3NO2S. The number of alkyl halides is 3. The van der Waals surface area contributed by atoms with Crippen LogP contribution in [0.3, 0.4) is 0 Å².